The number of nitrogens with one attached hydrogen (secondary N) is 4. The molecule has 2 fully saturated rings. The maximum absolute atomic E-state index is 12.7. The molecule has 46 heavy (non-hydrogen) atoms. The van der Waals surface area contributed by atoms with E-state index in [-0.39, 0.29) is 60.6 Å². The minimum atomic E-state index is -1.71. The van der Waals surface area contributed by atoms with E-state index in [1.54, 1.807) is 19.1 Å². The van der Waals surface area contributed by atoms with E-state index in [1.165, 1.54) is 11.8 Å². The van der Waals surface area contributed by atoms with Gasteiger partial charge in [0.1, 0.15) is 0 Å². The molecule has 0 aromatic carbocycles. The summed E-state index contributed by atoms with van der Waals surface area (Å²) >= 11 is 5.85. The number of aliphatic hydroxyl groups is 1. The van der Waals surface area contributed by atoms with Gasteiger partial charge in [0.25, 0.3) is 5.91 Å². The molecule has 7 N–H and O–H groups in total. The first-order valence-corrected chi connectivity index (χ1v) is 17.2. The number of H-pyrrole nitrogens is 1. The van der Waals surface area contributed by atoms with Crippen molar-refractivity contribution in [2.45, 2.75) is 89.0 Å². The van der Waals surface area contributed by atoms with Crippen molar-refractivity contribution in [2.24, 2.45) is 11.8 Å². The fraction of sp³-hybridized carbons (Fsp3) is 0.515. The zero-order valence-corrected chi connectivity index (χ0v) is 28.4. The van der Waals surface area contributed by atoms with Crippen LogP contribution in [0.3, 0.4) is 0 Å². The molecule has 0 saturated carbocycles. The summed E-state index contributed by atoms with van der Waals surface area (Å²) in [5.41, 5.74) is 5.55. The second-order valence-corrected chi connectivity index (χ2v) is 15.0. The monoisotopic (exact) mass is 671 g/mol. The van der Waals surface area contributed by atoms with Crippen LogP contribution in [0.1, 0.15) is 69.5 Å². The minimum absolute atomic E-state index is 0.0233. The summed E-state index contributed by atoms with van der Waals surface area (Å²) in [7, 11) is 0. The van der Waals surface area contributed by atoms with Gasteiger partial charge >= 0.3 is 11.9 Å². The fourth-order valence-corrected chi connectivity index (χ4v) is 8.16. The van der Waals surface area contributed by atoms with Gasteiger partial charge in [-0.3, -0.25) is 19.2 Å². The molecule has 5 heterocycles. The highest BCUT2D eigenvalue weighted by Crippen LogP contribution is 2.40. The predicted octanol–water partition coefficient (Wildman–Crippen LogP) is 2.29. The number of aromatic amines is 1. The highest BCUT2D eigenvalue weighted by Gasteiger charge is 2.47. The smallest absolute Gasteiger partial charge is 0.303 e. The first-order chi connectivity index (χ1) is 21.6. The number of carbonyl (C=O) groups is 4. The lowest BCUT2D eigenvalue weighted by atomic mass is 9.89. The molecule has 0 radical (unpaired) electrons. The van der Waals surface area contributed by atoms with Crippen molar-refractivity contribution in [1.29, 1.82) is 0 Å². The number of carboxylic acid groups (broad SMARTS) is 2. The van der Waals surface area contributed by atoms with Crippen LogP contribution in [0.2, 0.25) is 0 Å². The number of carboxylic acids is 2. The number of carbonyl (C=O) groups excluding carboxylic acids is 2. The van der Waals surface area contributed by atoms with Crippen molar-refractivity contribution in [3.63, 3.8) is 0 Å². The van der Waals surface area contributed by atoms with Gasteiger partial charge < -0.3 is 36.3 Å². The molecule has 11 nitrogen and oxygen atoms in total. The van der Waals surface area contributed by atoms with Crippen molar-refractivity contribution in [3.8, 4) is 0 Å². The van der Waals surface area contributed by atoms with Gasteiger partial charge in [0, 0.05) is 59.1 Å². The van der Waals surface area contributed by atoms with Crippen LogP contribution >= 0.6 is 12.6 Å². The summed E-state index contributed by atoms with van der Waals surface area (Å²) in [5.74, 6) is -1.70. The molecule has 6 atom stereocenters. The summed E-state index contributed by atoms with van der Waals surface area (Å²) in [6.07, 6.45) is 4.01. The number of hydrogen-bond acceptors (Lipinski definition) is 7. The summed E-state index contributed by atoms with van der Waals surface area (Å²) in [6, 6.07) is -0.177. The van der Waals surface area contributed by atoms with Gasteiger partial charge in [-0.25, -0.2) is 0 Å². The Morgan fingerprint density at radius 1 is 1.13 bits per heavy atom. The molecule has 0 spiro atoms. The van der Waals surface area contributed by atoms with E-state index < -0.39 is 17.7 Å². The summed E-state index contributed by atoms with van der Waals surface area (Å²) in [6.45, 7) is 9.36. The Labute approximate surface area is 277 Å². The van der Waals surface area contributed by atoms with Crippen LogP contribution in [0.5, 0.6) is 0 Å². The Balaban J connectivity index is 1.54. The van der Waals surface area contributed by atoms with Crippen LogP contribution in [0.25, 0.3) is 6.08 Å². The lowest BCUT2D eigenvalue weighted by Crippen LogP contribution is -2.40. The molecule has 13 heteroatoms. The molecule has 2 saturated heterocycles. The number of allylic oxidation sites excluding steroid dienone is 2. The Morgan fingerprint density at radius 2 is 1.78 bits per heavy atom. The van der Waals surface area contributed by atoms with Gasteiger partial charge in [0.15, 0.2) is 16.7 Å². The first kappa shape index (κ1) is 33.9. The van der Waals surface area contributed by atoms with Crippen molar-refractivity contribution < 1.29 is 34.5 Å². The van der Waals surface area contributed by atoms with E-state index in [9.17, 15) is 34.5 Å². The lowest BCUT2D eigenvalue weighted by Gasteiger charge is -2.26. The molecule has 1 aromatic heterocycles. The highest BCUT2D eigenvalue weighted by molar-refractivity contribution is 7.87. The third-order valence-corrected chi connectivity index (χ3v) is 11.0. The van der Waals surface area contributed by atoms with Crippen LogP contribution in [-0.4, -0.2) is 72.1 Å². The Bertz CT molecular complexity index is 1620. The van der Waals surface area contributed by atoms with Crippen LogP contribution in [-0.2, 0) is 43.8 Å². The zero-order valence-electron chi connectivity index (χ0n) is 26.7. The normalized spacial score (nSPS) is 29.9. The first-order valence-electron chi connectivity index (χ1n) is 15.6. The third-order valence-electron chi connectivity index (χ3n) is 9.72. The molecular formula is C33H43N4O7S2+. The van der Waals surface area contributed by atoms with Crippen molar-refractivity contribution in [1.82, 2.24) is 20.9 Å². The Kier molecular flexibility index (Phi) is 9.59. The topological polar surface area (TPSA) is 181 Å². The van der Waals surface area contributed by atoms with E-state index in [2.05, 4.69) is 33.6 Å². The maximum Gasteiger partial charge on any atom is 0.303 e. The Morgan fingerprint density at radius 3 is 2.39 bits per heavy atom. The fourth-order valence-electron chi connectivity index (χ4n) is 6.95. The van der Waals surface area contributed by atoms with Crippen LogP contribution in [0.4, 0.5) is 0 Å². The zero-order chi connectivity index (χ0) is 33.7. The largest absolute Gasteiger partial charge is 0.481 e. The predicted molar refractivity (Wildman–Crippen MR) is 180 cm³/mol. The van der Waals surface area contributed by atoms with Gasteiger partial charge in [-0.05, 0) is 85.4 Å². The molecule has 5 rings (SSSR count). The molecule has 4 aliphatic rings. The second-order valence-electron chi connectivity index (χ2n) is 12.8. The molecule has 1 aromatic rings. The number of thiol groups is 2. The lowest BCUT2D eigenvalue weighted by molar-refractivity contribution is -0.138. The van der Waals surface area contributed by atoms with Crippen LogP contribution < -0.4 is 16.0 Å². The number of rotatable bonds is 12. The quantitative estimate of drug-likeness (QED) is 0.0947. The molecule has 0 bridgehead atoms. The molecule has 2 amide bonds. The molecule has 0 aliphatic carbocycles. The van der Waals surface area contributed by atoms with Gasteiger partial charge in [-0.15, -0.1) is 0 Å². The van der Waals surface area contributed by atoms with Crippen molar-refractivity contribution >= 4 is 54.2 Å². The van der Waals surface area contributed by atoms with Crippen molar-refractivity contribution in [2.75, 3.05) is 5.75 Å². The van der Waals surface area contributed by atoms with Gasteiger partial charge in [0.05, 0.1) is 11.6 Å². The van der Waals surface area contributed by atoms with E-state index in [1.807, 2.05) is 27.7 Å². The molecule has 0 unspecified atom stereocenters. The summed E-state index contributed by atoms with van der Waals surface area (Å²) in [4.78, 5) is 51.9. The van der Waals surface area contributed by atoms with E-state index in [4.69, 9.17) is 0 Å². The molecule has 248 valence electrons. The van der Waals surface area contributed by atoms with Crippen molar-refractivity contribution in [3.05, 3.63) is 62.3 Å². The number of hydrogen-bond donors (Lipinski definition) is 8. The maximum atomic E-state index is 12.7. The van der Waals surface area contributed by atoms with Gasteiger partial charge in [-0.1, -0.05) is 13.8 Å². The second kappa shape index (κ2) is 13.0. The molecular weight excluding hydrogens is 629 g/mol. The van der Waals surface area contributed by atoms with E-state index in [0.29, 0.717) is 39.9 Å². The standard InChI is InChI=1S/C33H42N4O7S2/c1-14-19(6-8-27(38)39)23(34-21(14)10-22-15(2)30(26-13-46-26)32(43)35-22)11-24-20(7-9-28(40)41)17(4)33(44,37-24)12-25-29(18(5)45)16(3)31(42)36-25/h11-12,16,18,22,26,29,34,37,44-45H,6-10,13H2,1-5H3,(H,35,43)(H,36,42)(H,38,39)(H,40,41)/p+1/b24-11-,25-12-/t16-,18+,22-,26-,29+,33+/m1/s1. The van der Waals surface area contributed by atoms with Gasteiger partial charge in [-0.2, -0.15) is 12.6 Å². The number of aromatic nitrogens is 1. The average Bonchev–Trinajstić information content (AvgIpc) is 3.55. The highest BCUT2D eigenvalue weighted by atomic mass is 32.2. The average molecular weight is 672 g/mol. The molecule has 4 aliphatic heterocycles. The Hall–Kier alpha value is -3.42. The number of amides is 2. The summed E-state index contributed by atoms with van der Waals surface area (Å²) < 4.78 is 0. The minimum Gasteiger partial charge on any atom is -0.481 e. The third kappa shape index (κ3) is 6.68. The van der Waals surface area contributed by atoms with Gasteiger partial charge in [0.2, 0.25) is 5.91 Å². The van der Waals surface area contributed by atoms with E-state index >= 15 is 0 Å². The van der Waals surface area contributed by atoms with Crippen LogP contribution in [0, 0.1) is 18.8 Å². The summed E-state index contributed by atoms with van der Waals surface area (Å²) in [5, 5.41) is 40.3. The number of aliphatic carboxylic acids is 2. The van der Waals surface area contributed by atoms with E-state index in [0.717, 1.165) is 33.7 Å². The van der Waals surface area contributed by atoms with Crippen LogP contribution in [0.15, 0.2) is 39.8 Å². The SMILES string of the molecule is CC1=C([C@H]2C[SH+]2)C(=O)N[C@@H]1Cc1[nH]c(/C=C2\N[C@](O)(/C=C3\NC(=O)[C@H](C)[C@H]3[C@H](C)S)C(C)=C2CCC(=O)O)c(CCC(=O)O)c1C.